The van der Waals surface area contributed by atoms with Crippen molar-refractivity contribution < 1.29 is 4.79 Å². The maximum Gasteiger partial charge on any atom is 0.244 e. The number of nitrogens with zero attached hydrogens (tertiary/aromatic N) is 1. The van der Waals surface area contributed by atoms with Crippen LogP contribution in [-0.4, -0.2) is 10.9 Å². The van der Waals surface area contributed by atoms with E-state index in [2.05, 4.69) is 15.7 Å². The Morgan fingerprint density at radius 2 is 2.14 bits per heavy atom. The molecule has 1 aliphatic carbocycles. The Balaban J connectivity index is 1.62. The minimum absolute atomic E-state index is 0.183. The number of nitrogens with one attached hydrogen (secondary N) is 1. The standard InChI is InChI=1S/C16H19N3OS/c1-16(17,12-5-3-2-4-6-12)15(20)18-9-14-19-13(10-21-14)11-7-8-11/h2-6,10-11H,7-9,17H2,1H3,(H,18,20). The normalized spacial score (nSPS) is 17.2. The van der Waals surface area contributed by atoms with Crippen molar-refractivity contribution in [1.29, 1.82) is 0 Å². The molecule has 3 N–H and O–H groups in total. The van der Waals surface area contributed by atoms with Gasteiger partial charge in [0, 0.05) is 11.3 Å². The minimum Gasteiger partial charge on any atom is -0.348 e. The van der Waals surface area contributed by atoms with E-state index >= 15 is 0 Å². The quantitative estimate of drug-likeness (QED) is 0.891. The monoisotopic (exact) mass is 301 g/mol. The van der Waals surface area contributed by atoms with Crippen LogP contribution in [0.4, 0.5) is 0 Å². The van der Waals surface area contributed by atoms with E-state index in [1.54, 1.807) is 18.3 Å². The number of nitrogens with two attached hydrogens (primary N) is 1. The van der Waals surface area contributed by atoms with Crippen LogP contribution < -0.4 is 11.1 Å². The Bertz CT molecular complexity index is 632. The van der Waals surface area contributed by atoms with Crippen LogP contribution in [0.1, 0.15) is 41.9 Å². The minimum atomic E-state index is -1.03. The fourth-order valence-corrected chi connectivity index (χ4v) is 3.04. The lowest BCUT2D eigenvalue weighted by Crippen LogP contribution is -2.48. The molecule has 3 rings (SSSR count). The highest BCUT2D eigenvalue weighted by atomic mass is 32.1. The van der Waals surface area contributed by atoms with Gasteiger partial charge in [0.2, 0.25) is 5.91 Å². The van der Waals surface area contributed by atoms with Crippen molar-refractivity contribution in [3.63, 3.8) is 0 Å². The van der Waals surface area contributed by atoms with Gasteiger partial charge in [0.25, 0.3) is 0 Å². The maximum atomic E-state index is 12.3. The number of hydrogen-bond acceptors (Lipinski definition) is 4. The zero-order valence-corrected chi connectivity index (χ0v) is 12.8. The third-order valence-corrected chi connectivity index (χ3v) is 4.68. The third kappa shape index (κ3) is 3.14. The van der Waals surface area contributed by atoms with Gasteiger partial charge < -0.3 is 11.1 Å². The summed E-state index contributed by atoms with van der Waals surface area (Å²) in [6.45, 7) is 2.17. The highest BCUT2D eigenvalue weighted by Gasteiger charge is 2.30. The van der Waals surface area contributed by atoms with Crippen molar-refractivity contribution in [2.45, 2.75) is 37.8 Å². The molecule has 110 valence electrons. The first-order valence-electron chi connectivity index (χ1n) is 7.14. The van der Waals surface area contributed by atoms with E-state index in [1.807, 2.05) is 30.3 Å². The molecule has 2 aromatic rings. The molecule has 1 saturated carbocycles. The zero-order valence-electron chi connectivity index (χ0n) is 12.0. The first-order valence-corrected chi connectivity index (χ1v) is 8.02. The van der Waals surface area contributed by atoms with Crippen molar-refractivity contribution in [1.82, 2.24) is 10.3 Å². The lowest BCUT2D eigenvalue weighted by atomic mass is 9.92. The fourth-order valence-electron chi connectivity index (χ4n) is 2.23. The molecule has 21 heavy (non-hydrogen) atoms. The van der Waals surface area contributed by atoms with Crippen molar-refractivity contribution in [3.05, 3.63) is 52.0 Å². The lowest BCUT2D eigenvalue weighted by Gasteiger charge is -2.23. The second kappa shape index (κ2) is 5.58. The molecule has 0 radical (unpaired) electrons. The van der Waals surface area contributed by atoms with Gasteiger partial charge >= 0.3 is 0 Å². The maximum absolute atomic E-state index is 12.3. The Morgan fingerprint density at radius 3 is 2.81 bits per heavy atom. The predicted octanol–water partition coefficient (Wildman–Crippen LogP) is 2.51. The molecule has 1 aromatic carbocycles. The summed E-state index contributed by atoms with van der Waals surface area (Å²) in [4.78, 5) is 16.9. The van der Waals surface area contributed by atoms with Gasteiger partial charge in [-0.1, -0.05) is 30.3 Å². The first kappa shape index (κ1) is 14.2. The summed E-state index contributed by atoms with van der Waals surface area (Å²) in [5.41, 5.74) is 7.13. The van der Waals surface area contributed by atoms with Crippen LogP contribution in [0.5, 0.6) is 0 Å². The number of aromatic nitrogens is 1. The molecule has 1 atom stereocenters. The second-order valence-corrected chi connectivity index (χ2v) is 6.63. The van der Waals surface area contributed by atoms with E-state index in [1.165, 1.54) is 18.5 Å². The van der Waals surface area contributed by atoms with Crippen LogP contribution in [0, 0.1) is 0 Å². The van der Waals surface area contributed by atoms with Gasteiger partial charge in [0.15, 0.2) is 0 Å². The van der Waals surface area contributed by atoms with Gasteiger partial charge in [-0.15, -0.1) is 11.3 Å². The molecule has 0 saturated heterocycles. The molecule has 1 amide bonds. The smallest absolute Gasteiger partial charge is 0.244 e. The largest absolute Gasteiger partial charge is 0.348 e. The molecule has 1 heterocycles. The lowest BCUT2D eigenvalue weighted by molar-refractivity contribution is -0.126. The van der Waals surface area contributed by atoms with E-state index in [0.717, 1.165) is 10.6 Å². The highest BCUT2D eigenvalue weighted by Crippen LogP contribution is 2.40. The number of rotatable bonds is 5. The summed E-state index contributed by atoms with van der Waals surface area (Å²) in [6.07, 6.45) is 2.48. The Hall–Kier alpha value is -1.72. The van der Waals surface area contributed by atoms with E-state index in [-0.39, 0.29) is 5.91 Å². The molecule has 1 fully saturated rings. The van der Waals surface area contributed by atoms with Gasteiger partial charge in [-0.3, -0.25) is 4.79 Å². The Morgan fingerprint density at radius 1 is 1.43 bits per heavy atom. The summed E-state index contributed by atoms with van der Waals surface area (Å²) in [5, 5.41) is 5.93. The molecular weight excluding hydrogens is 282 g/mol. The molecule has 1 unspecified atom stereocenters. The predicted molar refractivity (Wildman–Crippen MR) is 83.9 cm³/mol. The summed E-state index contributed by atoms with van der Waals surface area (Å²) in [7, 11) is 0. The summed E-state index contributed by atoms with van der Waals surface area (Å²) in [5.74, 6) is 0.465. The van der Waals surface area contributed by atoms with Gasteiger partial charge in [-0.2, -0.15) is 0 Å². The molecule has 0 bridgehead atoms. The van der Waals surface area contributed by atoms with Gasteiger partial charge in [0.1, 0.15) is 10.5 Å². The number of hydrogen-bond donors (Lipinski definition) is 2. The van der Waals surface area contributed by atoms with Crippen molar-refractivity contribution in [2.24, 2.45) is 5.73 Å². The SMILES string of the molecule is CC(N)(C(=O)NCc1nc(C2CC2)cs1)c1ccccc1. The van der Waals surface area contributed by atoms with E-state index < -0.39 is 5.54 Å². The molecule has 5 heteroatoms. The number of carbonyl (C=O) groups excluding carboxylic acids is 1. The topological polar surface area (TPSA) is 68.0 Å². The fraction of sp³-hybridized carbons (Fsp3) is 0.375. The molecule has 0 spiro atoms. The van der Waals surface area contributed by atoms with E-state index in [4.69, 9.17) is 5.73 Å². The average molecular weight is 301 g/mol. The number of thiazole rings is 1. The van der Waals surface area contributed by atoms with E-state index in [9.17, 15) is 4.79 Å². The van der Waals surface area contributed by atoms with Crippen LogP contribution in [-0.2, 0) is 16.9 Å². The highest BCUT2D eigenvalue weighted by molar-refractivity contribution is 7.09. The van der Waals surface area contributed by atoms with Crippen LogP contribution >= 0.6 is 11.3 Å². The van der Waals surface area contributed by atoms with Gasteiger partial charge in [0.05, 0.1) is 12.2 Å². The van der Waals surface area contributed by atoms with Gasteiger partial charge in [-0.05, 0) is 25.3 Å². The molecule has 0 aliphatic heterocycles. The average Bonchev–Trinajstić information content (AvgIpc) is 3.24. The summed E-state index contributed by atoms with van der Waals surface area (Å²) < 4.78 is 0. The molecule has 4 nitrogen and oxygen atoms in total. The summed E-state index contributed by atoms with van der Waals surface area (Å²) >= 11 is 1.60. The van der Waals surface area contributed by atoms with Crippen molar-refractivity contribution in [3.8, 4) is 0 Å². The second-order valence-electron chi connectivity index (χ2n) is 5.69. The van der Waals surface area contributed by atoms with E-state index in [0.29, 0.717) is 12.5 Å². The Labute approximate surface area is 128 Å². The van der Waals surface area contributed by atoms with Crippen molar-refractivity contribution in [2.75, 3.05) is 0 Å². The van der Waals surface area contributed by atoms with Crippen LogP contribution in [0.15, 0.2) is 35.7 Å². The molecular formula is C16H19N3OS. The number of carbonyl (C=O) groups is 1. The van der Waals surface area contributed by atoms with Crippen LogP contribution in [0.3, 0.4) is 0 Å². The number of benzene rings is 1. The van der Waals surface area contributed by atoms with Gasteiger partial charge in [-0.25, -0.2) is 4.98 Å². The molecule has 1 aliphatic rings. The summed E-state index contributed by atoms with van der Waals surface area (Å²) in [6, 6.07) is 9.42. The first-order chi connectivity index (χ1) is 10.1. The zero-order chi connectivity index (χ0) is 14.9. The third-order valence-electron chi connectivity index (χ3n) is 3.81. The molecule has 1 aromatic heterocycles. The van der Waals surface area contributed by atoms with Crippen molar-refractivity contribution >= 4 is 17.2 Å². The number of amides is 1. The van der Waals surface area contributed by atoms with Crippen LogP contribution in [0.2, 0.25) is 0 Å². The Kier molecular flexibility index (Phi) is 3.78. The van der Waals surface area contributed by atoms with Crippen LogP contribution in [0.25, 0.3) is 0 Å².